The van der Waals surface area contributed by atoms with Gasteiger partial charge in [-0.1, -0.05) is 40.2 Å². The molecule has 4 rings (SSSR count). The van der Waals surface area contributed by atoms with Crippen molar-refractivity contribution >= 4 is 37.7 Å². The number of rotatable bonds is 2. The van der Waals surface area contributed by atoms with Crippen LogP contribution in [-0.4, -0.2) is 4.98 Å². The normalized spacial score (nSPS) is 13.0. The van der Waals surface area contributed by atoms with E-state index in [9.17, 15) is 0 Å². The number of nitrogens with one attached hydrogen (secondary N) is 1. The third-order valence-corrected chi connectivity index (χ3v) is 4.90. The predicted molar refractivity (Wildman–Crippen MR) is 90.0 cm³/mol. The van der Waals surface area contributed by atoms with E-state index in [1.165, 1.54) is 21.9 Å². The van der Waals surface area contributed by atoms with E-state index in [0.29, 0.717) is 0 Å². The molecule has 2 aromatic carbocycles. The van der Waals surface area contributed by atoms with Gasteiger partial charge in [-0.15, -0.1) is 0 Å². The van der Waals surface area contributed by atoms with Crippen molar-refractivity contribution in [3.05, 3.63) is 71.7 Å². The molecule has 2 nitrogen and oxygen atoms in total. The van der Waals surface area contributed by atoms with Crippen molar-refractivity contribution in [1.82, 2.24) is 4.98 Å². The number of hydrogen-bond donors (Lipinski definition) is 1. The summed E-state index contributed by atoms with van der Waals surface area (Å²) < 4.78 is 5.61. The lowest BCUT2D eigenvalue weighted by Crippen LogP contribution is -1.92. The smallest absolute Gasteiger partial charge is 0.124 e. The van der Waals surface area contributed by atoms with Gasteiger partial charge in [-0.25, -0.2) is 0 Å². The SMILES string of the molecule is Cc1ccoc1C(Br)c1ccc2[nH]c3ccccc3c2c1. The molecular weight excluding hydrogens is 326 g/mol. The van der Waals surface area contributed by atoms with Crippen LogP contribution in [0.25, 0.3) is 21.8 Å². The molecule has 104 valence electrons. The Balaban J connectivity index is 1.90. The fraction of sp³-hybridized carbons (Fsp3) is 0.111. The van der Waals surface area contributed by atoms with Gasteiger partial charge in [-0.3, -0.25) is 0 Å². The molecule has 0 amide bonds. The fourth-order valence-corrected chi connectivity index (χ4v) is 3.57. The van der Waals surface area contributed by atoms with Gasteiger partial charge in [-0.05, 0) is 42.3 Å². The minimum absolute atomic E-state index is 0.0746. The average Bonchev–Trinajstić information content (AvgIpc) is 3.09. The van der Waals surface area contributed by atoms with E-state index in [-0.39, 0.29) is 4.83 Å². The average molecular weight is 340 g/mol. The topological polar surface area (TPSA) is 28.9 Å². The summed E-state index contributed by atoms with van der Waals surface area (Å²) >= 11 is 3.76. The number of hydrogen-bond acceptors (Lipinski definition) is 1. The lowest BCUT2D eigenvalue weighted by molar-refractivity contribution is 0.517. The molecule has 0 aliphatic heterocycles. The number of alkyl halides is 1. The zero-order chi connectivity index (χ0) is 14.4. The molecule has 0 spiro atoms. The van der Waals surface area contributed by atoms with E-state index < -0.39 is 0 Å². The van der Waals surface area contributed by atoms with Crippen molar-refractivity contribution in [2.24, 2.45) is 0 Å². The molecular formula is C18H14BrNO. The van der Waals surface area contributed by atoms with Crippen molar-refractivity contribution < 1.29 is 4.42 Å². The number of H-pyrrole nitrogens is 1. The summed E-state index contributed by atoms with van der Waals surface area (Å²) in [6.45, 7) is 2.07. The molecule has 0 radical (unpaired) electrons. The lowest BCUT2D eigenvalue weighted by Gasteiger charge is -2.09. The van der Waals surface area contributed by atoms with Gasteiger partial charge in [0.05, 0.1) is 11.1 Å². The van der Waals surface area contributed by atoms with Crippen LogP contribution in [0.15, 0.2) is 59.2 Å². The van der Waals surface area contributed by atoms with Gasteiger partial charge in [0.15, 0.2) is 0 Å². The monoisotopic (exact) mass is 339 g/mol. The van der Waals surface area contributed by atoms with E-state index in [4.69, 9.17) is 4.42 Å². The second-order valence-electron chi connectivity index (χ2n) is 5.31. The summed E-state index contributed by atoms with van der Waals surface area (Å²) in [6, 6.07) is 16.9. The van der Waals surface area contributed by atoms with Gasteiger partial charge in [0.1, 0.15) is 5.76 Å². The third-order valence-electron chi connectivity index (χ3n) is 3.95. The largest absolute Gasteiger partial charge is 0.468 e. The molecule has 0 saturated heterocycles. The first-order valence-electron chi connectivity index (χ1n) is 6.92. The van der Waals surface area contributed by atoms with Gasteiger partial charge in [0.25, 0.3) is 0 Å². The molecule has 4 aromatic rings. The summed E-state index contributed by atoms with van der Waals surface area (Å²) in [6.07, 6.45) is 1.74. The van der Waals surface area contributed by atoms with Crippen molar-refractivity contribution in [2.45, 2.75) is 11.8 Å². The van der Waals surface area contributed by atoms with Crippen LogP contribution in [0.5, 0.6) is 0 Å². The number of halogens is 1. The van der Waals surface area contributed by atoms with Crippen molar-refractivity contribution in [1.29, 1.82) is 0 Å². The Morgan fingerprint density at radius 1 is 1.00 bits per heavy atom. The van der Waals surface area contributed by atoms with Gasteiger partial charge in [0.2, 0.25) is 0 Å². The highest BCUT2D eigenvalue weighted by Crippen LogP contribution is 2.36. The highest BCUT2D eigenvalue weighted by molar-refractivity contribution is 9.09. The second-order valence-corrected chi connectivity index (χ2v) is 6.22. The maximum atomic E-state index is 5.61. The van der Waals surface area contributed by atoms with Crippen LogP contribution >= 0.6 is 15.9 Å². The minimum atomic E-state index is 0.0746. The molecule has 0 aliphatic carbocycles. The van der Waals surface area contributed by atoms with Crippen LogP contribution < -0.4 is 0 Å². The van der Waals surface area contributed by atoms with Crippen LogP contribution in [0.2, 0.25) is 0 Å². The van der Waals surface area contributed by atoms with Crippen molar-refractivity contribution in [3.8, 4) is 0 Å². The van der Waals surface area contributed by atoms with Crippen LogP contribution in [0.3, 0.4) is 0 Å². The number of aromatic nitrogens is 1. The highest BCUT2D eigenvalue weighted by atomic mass is 79.9. The summed E-state index contributed by atoms with van der Waals surface area (Å²) in [4.78, 5) is 3.53. The van der Waals surface area contributed by atoms with Crippen molar-refractivity contribution in [3.63, 3.8) is 0 Å². The summed E-state index contributed by atoms with van der Waals surface area (Å²) in [5, 5.41) is 2.50. The Kier molecular flexibility index (Phi) is 2.89. The van der Waals surface area contributed by atoms with Gasteiger partial charge < -0.3 is 9.40 Å². The maximum Gasteiger partial charge on any atom is 0.124 e. The van der Waals surface area contributed by atoms with Crippen LogP contribution in [0.4, 0.5) is 0 Å². The summed E-state index contributed by atoms with van der Waals surface area (Å²) in [7, 11) is 0. The molecule has 1 N–H and O–H groups in total. The molecule has 21 heavy (non-hydrogen) atoms. The molecule has 0 aliphatic rings. The Morgan fingerprint density at radius 3 is 2.62 bits per heavy atom. The molecule has 2 aromatic heterocycles. The van der Waals surface area contributed by atoms with Crippen molar-refractivity contribution in [2.75, 3.05) is 0 Å². The molecule has 2 heterocycles. The molecule has 1 atom stereocenters. The lowest BCUT2D eigenvalue weighted by atomic mass is 10.0. The van der Waals surface area contributed by atoms with E-state index in [1.807, 2.05) is 6.07 Å². The van der Waals surface area contributed by atoms with E-state index in [0.717, 1.165) is 16.8 Å². The fourth-order valence-electron chi connectivity index (χ4n) is 2.82. The maximum absolute atomic E-state index is 5.61. The first-order valence-corrected chi connectivity index (χ1v) is 7.84. The number of fused-ring (bicyclic) bond motifs is 3. The molecule has 3 heteroatoms. The molecule has 0 saturated carbocycles. The van der Waals surface area contributed by atoms with Gasteiger partial charge in [-0.2, -0.15) is 0 Å². The Bertz CT molecular complexity index is 935. The van der Waals surface area contributed by atoms with E-state index in [1.54, 1.807) is 6.26 Å². The van der Waals surface area contributed by atoms with Gasteiger partial charge in [0, 0.05) is 21.8 Å². The van der Waals surface area contributed by atoms with Crippen LogP contribution in [0.1, 0.15) is 21.7 Å². The predicted octanol–water partition coefficient (Wildman–Crippen LogP) is 5.71. The van der Waals surface area contributed by atoms with Gasteiger partial charge >= 0.3 is 0 Å². The standard InChI is InChI=1S/C18H14BrNO/c1-11-8-9-21-18(11)17(19)12-6-7-16-14(10-12)13-4-2-3-5-15(13)20-16/h2-10,17,20H,1H3. The molecule has 1 unspecified atom stereocenters. The van der Waals surface area contributed by atoms with Crippen LogP contribution in [0, 0.1) is 6.92 Å². The van der Waals surface area contributed by atoms with E-state index >= 15 is 0 Å². The number of benzene rings is 2. The molecule has 0 fully saturated rings. The molecule has 0 bridgehead atoms. The number of aromatic amines is 1. The summed E-state index contributed by atoms with van der Waals surface area (Å²) in [5.74, 6) is 0.967. The van der Waals surface area contributed by atoms with Crippen LogP contribution in [-0.2, 0) is 0 Å². The number of furan rings is 1. The Labute approximate surface area is 130 Å². The third kappa shape index (κ3) is 2.00. The second kappa shape index (κ2) is 4.78. The highest BCUT2D eigenvalue weighted by Gasteiger charge is 2.17. The number of aryl methyl sites for hydroxylation is 1. The first-order chi connectivity index (χ1) is 10.2. The van der Waals surface area contributed by atoms with E-state index in [2.05, 4.69) is 70.3 Å². The number of para-hydroxylation sites is 1. The minimum Gasteiger partial charge on any atom is -0.468 e. The summed E-state index contributed by atoms with van der Waals surface area (Å²) in [5.41, 5.74) is 4.70. The zero-order valence-corrected chi connectivity index (χ0v) is 13.1. The zero-order valence-electron chi connectivity index (χ0n) is 11.6. The quantitative estimate of drug-likeness (QED) is 0.466. The first kappa shape index (κ1) is 12.7. The Morgan fingerprint density at radius 2 is 1.81 bits per heavy atom. The Hall–Kier alpha value is -2.00.